The molecule has 0 spiro atoms. The van der Waals surface area contributed by atoms with Gasteiger partial charge in [-0.2, -0.15) is 0 Å². The molecule has 0 saturated carbocycles. The molecule has 1 atom stereocenters. The fourth-order valence-corrected chi connectivity index (χ4v) is 3.42. The number of hydrogen-bond donors (Lipinski definition) is 1. The van der Waals surface area contributed by atoms with Crippen molar-refractivity contribution in [3.8, 4) is 11.5 Å². The number of carbonyl (C=O) groups is 1. The lowest BCUT2D eigenvalue weighted by Gasteiger charge is -2.32. The summed E-state index contributed by atoms with van der Waals surface area (Å²) in [5.74, 6) is 1.04. The van der Waals surface area contributed by atoms with Crippen LogP contribution in [0.1, 0.15) is 51.2 Å². The van der Waals surface area contributed by atoms with Crippen molar-refractivity contribution in [1.82, 2.24) is 15.1 Å². The van der Waals surface area contributed by atoms with Gasteiger partial charge in [0.1, 0.15) is 0 Å². The molecule has 0 radical (unpaired) electrons. The van der Waals surface area contributed by atoms with Crippen molar-refractivity contribution in [3.63, 3.8) is 0 Å². The number of aryl methyl sites for hydroxylation is 1. The van der Waals surface area contributed by atoms with Crippen molar-refractivity contribution in [1.29, 1.82) is 0 Å². The van der Waals surface area contributed by atoms with E-state index in [-0.39, 0.29) is 17.9 Å². The number of aliphatic hydroxyl groups is 1. The summed E-state index contributed by atoms with van der Waals surface area (Å²) in [7, 11) is 0. The van der Waals surface area contributed by atoms with E-state index >= 15 is 0 Å². The summed E-state index contributed by atoms with van der Waals surface area (Å²) < 4.78 is 5.73. The Labute approximate surface area is 183 Å². The number of hydrogen-bond acceptors (Lipinski definition) is 5. The summed E-state index contributed by atoms with van der Waals surface area (Å²) >= 11 is 0. The average Bonchev–Trinajstić information content (AvgIpc) is 3.22. The summed E-state index contributed by atoms with van der Waals surface area (Å²) in [6.07, 6.45) is 0.797. The third-order valence-electron chi connectivity index (χ3n) is 4.86. The SMILES string of the molecule is CC(C)(C)CN(C[C@H](O)c1ccccc1)C(=O)CCCc1nnc(-c2ccccc2)o1. The van der Waals surface area contributed by atoms with Gasteiger partial charge in [-0.3, -0.25) is 4.79 Å². The largest absolute Gasteiger partial charge is 0.421 e. The number of aliphatic hydroxyl groups excluding tert-OH is 1. The highest BCUT2D eigenvalue weighted by atomic mass is 16.4. The molecular formula is C25H31N3O3. The second kappa shape index (κ2) is 10.4. The van der Waals surface area contributed by atoms with Crippen LogP contribution in [0, 0.1) is 5.41 Å². The monoisotopic (exact) mass is 421 g/mol. The van der Waals surface area contributed by atoms with Crippen molar-refractivity contribution in [2.75, 3.05) is 13.1 Å². The minimum atomic E-state index is -0.711. The molecule has 3 rings (SSSR count). The Bertz CT molecular complexity index is 949. The molecule has 1 heterocycles. The number of amides is 1. The van der Waals surface area contributed by atoms with Crippen LogP contribution in [0.25, 0.3) is 11.5 Å². The first-order chi connectivity index (χ1) is 14.8. The number of rotatable bonds is 9. The fourth-order valence-electron chi connectivity index (χ4n) is 3.42. The molecule has 31 heavy (non-hydrogen) atoms. The standard InChI is InChI=1S/C25H31N3O3/c1-25(2,3)18-28(17-21(29)19-11-6-4-7-12-19)23(30)16-10-15-22-26-27-24(31-22)20-13-8-5-9-14-20/h4-9,11-14,21,29H,10,15-18H2,1-3H3/t21-/m0/s1. The quantitative estimate of drug-likeness (QED) is 0.543. The van der Waals surface area contributed by atoms with Crippen LogP contribution in [0.2, 0.25) is 0 Å². The molecule has 0 aliphatic rings. The van der Waals surface area contributed by atoms with E-state index in [0.717, 1.165) is 11.1 Å². The van der Waals surface area contributed by atoms with Gasteiger partial charge in [-0.25, -0.2) is 0 Å². The van der Waals surface area contributed by atoms with Crippen LogP contribution in [0.5, 0.6) is 0 Å². The Morgan fingerprint density at radius 2 is 1.68 bits per heavy atom. The van der Waals surface area contributed by atoms with Crippen LogP contribution in [0.15, 0.2) is 65.1 Å². The van der Waals surface area contributed by atoms with E-state index in [2.05, 4.69) is 31.0 Å². The van der Waals surface area contributed by atoms with Crippen molar-refractivity contribution in [3.05, 3.63) is 72.1 Å². The molecule has 2 aromatic carbocycles. The first kappa shape index (κ1) is 22.7. The highest BCUT2D eigenvalue weighted by Crippen LogP contribution is 2.21. The highest BCUT2D eigenvalue weighted by Gasteiger charge is 2.24. The molecule has 0 bridgehead atoms. The minimum Gasteiger partial charge on any atom is -0.421 e. The van der Waals surface area contributed by atoms with Crippen molar-refractivity contribution >= 4 is 5.91 Å². The van der Waals surface area contributed by atoms with Gasteiger partial charge in [0.2, 0.25) is 17.7 Å². The van der Waals surface area contributed by atoms with Gasteiger partial charge in [-0.05, 0) is 29.5 Å². The normalized spacial score (nSPS) is 12.5. The van der Waals surface area contributed by atoms with Crippen LogP contribution in [0.4, 0.5) is 0 Å². The lowest BCUT2D eigenvalue weighted by molar-refractivity contribution is -0.134. The molecular weight excluding hydrogens is 390 g/mol. The lowest BCUT2D eigenvalue weighted by atomic mass is 9.95. The number of aromatic nitrogens is 2. The van der Waals surface area contributed by atoms with Crippen molar-refractivity contribution in [2.24, 2.45) is 5.41 Å². The van der Waals surface area contributed by atoms with Gasteiger partial charge in [-0.15, -0.1) is 10.2 Å². The predicted octanol–water partition coefficient (Wildman–Crippen LogP) is 4.67. The van der Waals surface area contributed by atoms with Gasteiger partial charge < -0.3 is 14.4 Å². The van der Waals surface area contributed by atoms with Gasteiger partial charge >= 0.3 is 0 Å². The van der Waals surface area contributed by atoms with Crippen LogP contribution in [0.3, 0.4) is 0 Å². The summed E-state index contributed by atoms with van der Waals surface area (Å²) in [5, 5.41) is 18.8. The Kier molecular flexibility index (Phi) is 7.58. The van der Waals surface area contributed by atoms with Crippen LogP contribution in [-0.4, -0.2) is 39.2 Å². The van der Waals surface area contributed by atoms with Crippen molar-refractivity contribution < 1.29 is 14.3 Å². The zero-order valence-electron chi connectivity index (χ0n) is 18.5. The molecule has 0 unspecified atom stereocenters. The third-order valence-corrected chi connectivity index (χ3v) is 4.86. The zero-order valence-corrected chi connectivity index (χ0v) is 18.5. The number of benzene rings is 2. The molecule has 1 N–H and O–H groups in total. The van der Waals surface area contributed by atoms with E-state index in [1.807, 2.05) is 60.7 Å². The second-order valence-electron chi connectivity index (χ2n) is 8.98. The number of carbonyl (C=O) groups excluding carboxylic acids is 1. The molecule has 0 aliphatic carbocycles. The van der Waals surface area contributed by atoms with Gasteiger partial charge in [0.15, 0.2) is 0 Å². The maximum Gasteiger partial charge on any atom is 0.247 e. The van der Waals surface area contributed by atoms with E-state index in [1.54, 1.807) is 4.90 Å². The van der Waals surface area contributed by atoms with E-state index < -0.39 is 6.10 Å². The van der Waals surface area contributed by atoms with E-state index in [1.165, 1.54) is 0 Å². The van der Waals surface area contributed by atoms with Crippen LogP contribution < -0.4 is 0 Å². The first-order valence-corrected chi connectivity index (χ1v) is 10.7. The Morgan fingerprint density at radius 3 is 2.32 bits per heavy atom. The second-order valence-corrected chi connectivity index (χ2v) is 8.98. The molecule has 6 heteroatoms. The number of nitrogens with zero attached hydrogens (tertiary/aromatic N) is 3. The Morgan fingerprint density at radius 1 is 1.03 bits per heavy atom. The Balaban J connectivity index is 1.57. The van der Waals surface area contributed by atoms with Gasteiger partial charge in [0.05, 0.1) is 12.6 Å². The van der Waals surface area contributed by atoms with E-state index in [0.29, 0.717) is 37.6 Å². The summed E-state index contributed by atoms with van der Waals surface area (Å²) in [5.41, 5.74) is 1.63. The minimum absolute atomic E-state index is 0.0210. The van der Waals surface area contributed by atoms with Gasteiger partial charge in [0, 0.05) is 24.9 Å². The fraction of sp³-hybridized carbons (Fsp3) is 0.400. The summed E-state index contributed by atoms with van der Waals surface area (Å²) in [6, 6.07) is 19.1. The maximum absolute atomic E-state index is 13.0. The van der Waals surface area contributed by atoms with Gasteiger partial charge in [-0.1, -0.05) is 69.3 Å². The molecule has 6 nitrogen and oxygen atoms in total. The van der Waals surface area contributed by atoms with Crippen molar-refractivity contribution in [2.45, 2.75) is 46.1 Å². The van der Waals surface area contributed by atoms with Crippen LogP contribution >= 0.6 is 0 Å². The molecule has 1 aromatic heterocycles. The molecule has 0 aliphatic heterocycles. The molecule has 0 fully saturated rings. The van der Waals surface area contributed by atoms with E-state index in [9.17, 15) is 9.90 Å². The Hall–Kier alpha value is -2.99. The summed E-state index contributed by atoms with van der Waals surface area (Å²) in [6.45, 7) is 7.12. The molecule has 0 saturated heterocycles. The summed E-state index contributed by atoms with van der Waals surface area (Å²) in [4.78, 5) is 14.7. The van der Waals surface area contributed by atoms with Crippen LogP contribution in [-0.2, 0) is 11.2 Å². The predicted molar refractivity (Wildman–Crippen MR) is 120 cm³/mol. The maximum atomic E-state index is 13.0. The first-order valence-electron chi connectivity index (χ1n) is 10.7. The third kappa shape index (κ3) is 7.03. The van der Waals surface area contributed by atoms with Gasteiger partial charge in [0.25, 0.3) is 0 Å². The topological polar surface area (TPSA) is 79.5 Å². The molecule has 1 amide bonds. The van der Waals surface area contributed by atoms with E-state index in [4.69, 9.17) is 4.42 Å². The average molecular weight is 422 g/mol. The zero-order chi connectivity index (χ0) is 22.3. The lowest BCUT2D eigenvalue weighted by Crippen LogP contribution is -2.40. The molecule has 164 valence electrons. The smallest absolute Gasteiger partial charge is 0.247 e. The highest BCUT2D eigenvalue weighted by molar-refractivity contribution is 5.76. The molecule has 3 aromatic rings.